The standard InChI is InChI=1S/C19H20F2N2O4S/c1-27-14-7-9-15(10-8-14)28(25,26)23-11-3-4-13(23)12-22-19(24)18-16(20)5-2-6-17(18)21/h2,5-10,13H,3-4,11-12H2,1H3,(H,22,24)/t13-/m1/s1. The Morgan fingerprint density at radius 2 is 1.82 bits per heavy atom. The zero-order valence-electron chi connectivity index (χ0n) is 15.2. The van der Waals surface area contributed by atoms with Crippen LogP contribution in [0.2, 0.25) is 0 Å². The summed E-state index contributed by atoms with van der Waals surface area (Å²) in [6.07, 6.45) is 1.17. The predicted molar refractivity (Wildman–Crippen MR) is 98.6 cm³/mol. The number of carbonyl (C=O) groups is 1. The number of carbonyl (C=O) groups excluding carboxylic acids is 1. The second kappa shape index (κ2) is 8.24. The van der Waals surface area contributed by atoms with Crippen molar-refractivity contribution in [3.05, 3.63) is 59.7 Å². The molecule has 0 unspecified atom stereocenters. The van der Waals surface area contributed by atoms with Crippen molar-refractivity contribution >= 4 is 15.9 Å². The van der Waals surface area contributed by atoms with Crippen LogP contribution in [-0.4, -0.2) is 44.9 Å². The first-order valence-electron chi connectivity index (χ1n) is 8.72. The minimum atomic E-state index is -3.76. The lowest BCUT2D eigenvalue weighted by atomic mass is 10.1. The van der Waals surface area contributed by atoms with Crippen molar-refractivity contribution in [3.63, 3.8) is 0 Å². The van der Waals surface area contributed by atoms with Crippen LogP contribution in [-0.2, 0) is 10.0 Å². The number of halogens is 2. The van der Waals surface area contributed by atoms with Gasteiger partial charge in [-0.1, -0.05) is 6.07 Å². The van der Waals surface area contributed by atoms with Crippen molar-refractivity contribution < 1.29 is 26.7 Å². The largest absolute Gasteiger partial charge is 0.497 e. The molecule has 1 aliphatic rings. The average Bonchev–Trinajstić information content (AvgIpc) is 3.16. The van der Waals surface area contributed by atoms with Crippen molar-refractivity contribution in [1.82, 2.24) is 9.62 Å². The lowest BCUT2D eigenvalue weighted by molar-refractivity contribution is 0.0938. The van der Waals surface area contributed by atoms with Crippen molar-refractivity contribution in [1.29, 1.82) is 0 Å². The van der Waals surface area contributed by atoms with Crippen molar-refractivity contribution in [2.24, 2.45) is 0 Å². The van der Waals surface area contributed by atoms with E-state index >= 15 is 0 Å². The van der Waals surface area contributed by atoms with E-state index in [0.717, 1.165) is 12.1 Å². The van der Waals surface area contributed by atoms with Gasteiger partial charge in [-0.3, -0.25) is 4.79 Å². The summed E-state index contributed by atoms with van der Waals surface area (Å²) in [5.74, 6) is -2.31. The van der Waals surface area contributed by atoms with Gasteiger partial charge in [0.15, 0.2) is 0 Å². The molecule has 1 saturated heterocycles. The maximum atomic E-state index is 13.7. The second-order valence-electron chi connectivity index (χ2n) is 6.39. The van der Waals surface area contributed by atoms with Crippen LogP contribution in [0.4, 0.5) is 8.78 Å². The van der Waals surface area contributed by atoms with Crippen LogP contribution in [0.25, 0.3) is 0 Å². The van der Waals surface area contributed by atoms with Gasteiger partial charge >= 0.3 is 0 Å². The molecule has 0 aromatic heterocycles. The van der Waals surface area contributed by atoms with Gasteiger partial charge in [-0.15, -0.1) is 0 Å². The Bertz CT molecular complexity index is 944. The Hall–Kier alpha value is -2.52. The number of benzene rings is 2. The fourth-order valence-corrected chi connectivity index (χ4v) is 4.92. The summed E-state index contributed by atoms with van der Waals surface area (Å²) in [6, 6.07) is 8.68. The minimum Gasteiger partial charge on any atom is -0.497 e. The highest BCUT2D eigenvalue weighted by atomic mass is 32.2. The molecule has 1 fully saturated rings. The van der Waals surface area contributed by atoms with Crippen LogP contribution in [0.3, 0.4) is 0 Å². The Balaban J connectivity index is 1.73. The zero-order valence-corrected chi connectivity index (χ0v) is 16.0. The molecule has 0 saturated carbocycles. The molecule has 9 heteroatoms. The number of hydrogen-bond donors (Lipinski definition) is 1. The topological polar surface area (TPSA) is 75.7 Å². The molecule has 28 heavy (non-hydrogen) atoms. The normalized spacial score (nSPS) is 17.5. The molecule has 0 radical (unpaired) electrons. The first-order valence-corrected chi connectivity index (χ1v) is 10.2. The molecule has 1 N–H and O–H groups in total. The van der Waals surface area contributed by atoms with E-state index < -0.39 is 39.2 Å². The van der Waals surface area contributed by atoms with E-state index in [2.05, 4.69) is 5.32 Å². The number of ether oxygens (including phenoxy) is 1. The Labute approximate surface area is 162 Å². The molecule has 3 rings (SSSR count). The Kier molecular flexibility index (Phi) is 5.95. The monoisotopic (exact) mass is 410 g/mol. The van der Waals surface area contributed by atoms with E-state index in [4.69, 9.17) is 4.74 Å². The molecule has 2 aromatic carbocycles. The maximum absolute atomic E-state index is 13.7. The van der Waals surface area contributed by atoms with E-state index in [1.165, 1.54) is 29.6 Å². The van der Waals surface area contributed by atoms with Crippen LogP contribution in [0.5, 0.6) is 5.75 Å². The number of amides is 1. The Morgan fingerprint density at radius 1 is 1.18 bits per heavy atom. The van der Waals surface area contributed by atoms with E-state index in [0.29, 0.717) is 25.1 Å². The summed E-state index contributed by atoms with van der Waals surface area (Å²) in [7, 11) is -2.28. The van der Waals surface area contributed by atoms with Gasteiger partial charge in [0.2, 0.25) is 10.0 Å². The van der Waals surface area contributed by atoms with Crippen molar-refractivity contribution in [2.75, 3.05) is 20.2 Å². The van der Waals surface area contributed by atoms with E-state index in [9.17, 15) is 22.0 Å². The van der Waals surface area contributed by atoms with Crippen molar-refractivity contribution in [3.8, 4) is 5.75 Å². The molecule has 6 nitrogen and oxygen atoms in total. The fourth-order valence-electron chi connectivity index (χ4n) is 3.23. The number of methoxy groups -OCH3 is 1. The third-order valence-electron chi connectivity index (χ3n) is 4.68. The zero-order chi connectivity index (χ0) is 20.3. The van der Waals surface area contributed by atoms with Crippen LogP contribution in [0.1, 0.15) is 23.2 Å². The third-order valence-corrected chi connectivity index (χ3v) is 6.64. The smallest absolute Gasteiger partial charge is 0.257 e. The van der Waals surface area contributed by atoms with Crippen LogP contribution in [0.15, 0.2) is 47.4 Å². The van der Waals surface area contributed by atoms with Gasteiger partial charge < -0.3 is 10.1 Å². The first-order chi connectivity index (χ1) is 13.3. The summed E-state index contributed by atoms with van der Waals surface area (Å²) >= 11 is 0. The molecule has 1 amide bonds. The molecular weight excluding hydrogens is 390 g/mol. The highest BCUT2D eigenvalue weighted by Crippen LogP contribution is 2.27. The fraction of sp³-hybridized carbons (Fsp3) is 0.316. The lowest BCUT2D eigenvalue weighted by Crippen LogP contribution is -2.43. The summed E-state index contributed by atoms with van der Waals surface area (Å²) in [6.45, 7) is 0.269. The first kappa shape index (κ1) is 20.2. The van der Waals surface area contributed by atoms with Gasteiger partial charge in [0.05, 0.1) is 12.0 Å². The minimum absolute atomic E-state index is 0.0397. The van der Waals surface area contributed by atoms with Crippen molar-refractivity contribution in [2.45, 2.75) is 23.8 Å². The molecule has 0 spiro atoms. The van der Waals surface area contributed by atoms with E-state index in [-0.39, 0.29) is 11.4 Å². The highest BCUT2D eigenvalue weighted by Gasteiger charge is 2.35. The second-order valence-corrected chi connectivity index (χ2v) is 8.28. The lowest BCUT2D eigenvalue weighted by Gasteiger charge is -2.24. The quantitative estimate of drug-likeness (QED) is 0.794. The summed E-state index contributed by atoms with van der Waals surface area (Å²) in [4.78, 5) is 12.3. The number of sulfonamides is 1. The molecule has 1 atom stereocenters. The SMILES string of the molecule is COc1ccc(S(=O)(=O)N2CCC[C@@H]2CNC(=O)c2c(F)cccc2F)cc1. The molecule has 150 valence electrons. The summed E-state index contributed by atoms with van der Waals surface area (Å²) in [5.41, 5.74) is -0.676. The van der Waals surface area contributed by atoms with Gasteiger partial charge in [-0.2, -0.15) is 4.31 Å². The van der Waals surface area contributed by atoms with Crippen LogP contribution < -0.4 is 10.1 Å². The number of rotatable bonds is 6. The highest BCUT2D eigenvalue weighted by molar-refractivity contribution is 7.89. The molecule has 0 aliphatic carbocycles. The van der Waals surface area contributed by atoms with Gasteiger partial charge in [-0.25, -0.2) is 17.2 Å². The predicted octanol–water partition coefficient (Wildman–Crippen LogP) is 2.56. The van der Waals surface area contributed by atoms with Crippen LogP contribution in [0, 0.1) is 11.6 Å². The van der Waals surface area contributed by atoms with Gasteiger partial charge in [0, 0.05) is 19.1 Å². The molecule has 1 heterocycles. The van der Waals surface area contributed by atoms with Crippen LogP contribution >= 0.6 is 0 Å². The molecule has 1 aliphatic heterocycles. The number of hydrogen-bond acceptors (Lipinski definition) is 4. The summed E-state index contributed by atoms with van der Waals surface area (Å²) in [5, 5.41) is 2.45. The average molecular weight is 410 g/mol. The van der Waals surface area contributed by atoms with E-state index in [1.807, 2.05) is 0 Å². The number of nitrogens with zero attached hydrogens (tertiary/aromatic N) is 1. The van der Waals surface area contributed by atoms with Gasteiger partial charge in [-0.05, 0) is 49.2 Å². The van der Waals surface area contributed by atoms with Gasteiger partial charge in [0.1, 0.15) is 22.9 Å². The maximum Gasteiger partial charge on any atom is 0.257 e. The molecular formula is C19H20F2N2O4S. The molecule has 0 bridgehead atoms. The number of nitrogens with one attached hydrogen (secondary N) is 1. The summed E-state index contributed by atoms with van der Waals surface area (Å²) < 4.78 is 59.7. The Morgan fingerprint density at radius 3 is 2.43 bits per heavy atom. The van der Waals surface area contributed by atoms with Gasteiger partial charge in [0.25, 0.3) is 5.91 Å². The third kappa shape index (κ3) is 4.00. The van der Waals surface area contributed by atoms with E-state index in [1.54, 1.807) is 12.1 Å². The molecule has 2 aromatic rings.